The molecule has 106 valence electrons. The first-order chi connectivity index (χ1) is 10.0. The van der Waals surface area contributed by atoms with Crippen molar-refractivity contribution in [1.29, 1.82) is 0 Å². The molecular weight excluding hydrogens is 337 g/mol. The molecule has 0 bridgehead atoms. The second-order valence-electron chi connectivity index (χ2n) is 4.87. The quantitative estimate of drug-likeness (QED) is 0.842. The molecule has 1 aliphatic heterocycles. The number of halogens is 2. The molecule has 0 fully saturated rings. The van der Waals surface area contributed by atoms with Crippen molar-refractivity contribution in [3.05, 3.63) is 63.4 Å². The molecule has 0 saturated carbocycles. The lowest BCUT2D eigenvalue weighted by molar-refractivity contribution is -0.116. The van der Waals surface area contributed by atoms with Gasteiger partial charge in [0.1, 0.15) is 5.82 Å². The van der Waals surface area contributed by atoms with E-state index >= 15 is 0 Å². The van der Waals surface area contributed by atoms with Crippen LogP contribution in [0.5, 0.6) is 0 Å². The summed E-state index contributed by atoms with van der Waals surface area (Å²) in [7, 11) is 0. The average molecular weight is 348 g/mol. The molecule has 0 atom stereocenters. The topological polar surface area (TPSA) is 46.2 Å². The summed E-state index contributed by atoms with van der Waals surface area (Å²) in [4.78, 5) is 23.7. The average Bonchev–Trinajstić information content (AvgIpc) is 2.48. The molecule has 0 saturated heterocycles. The summed E-state index contributed by atoms with van der Waals surface area (Å²) in [5.41, 5.74) is 2.07. The van der Waals surface area contributed by atoms with Gasteiger partial charge >= 0.3 is 0 Å². The Morgan fingerprint density at radius 1 is 1.14 bits per heavy atom. The molecule has 2 aromatic rings. The molecule has 0 radical (unpaired) electrons. The SMILES string of the molecule is O=C1CCc2cc(C(=O)c3cc(Br)ccc3F)ccc2N1. The van der Waals surface area contributed by atoms with Gasteiger partial charge in [-0.1, -0.05) is 15.9 Å². The van der Waals surface area contributed by atoms with Gasteiger partial charge in [-0.2, -0.15) is 0 Å². The van der Waals surface area contributed by atoms with Crippen LogP contribution in [0.4, 0.5) is 10.1 Å². The molecule has 2 aromatic carbocycles. The van der Waals surface area contributed by atoms with Gasteiger partial charge in [0, 0.05) is 22.1 Å². The molecule has 0 unspecified atom stereocenters. The molecule has 1 amide bonds. The Hall–Kier alpha value is -2.01. The van der Waals surface area contributed by atoms with Crippen molar-refractivity contribution < 1.29 is 14.0 Å². The van der Waals surface area contributed by atoms with Crippen LogP contribution in [-0.2, 0) is 11.2 Å². The summed E-state index contributed by atoms with van der Waals surface area (Å²) < 4.78 is 14.4. The fraction of sp³-hybridized carbons (Fsp3) is 0.125. The molecule has 3 nitrogen and oxygen atoms in total. The highest BCUT2D eigenvalue weighted by Crippen LogP contribution is 2.26. The van der Waals surface area contributed by atoms with Crippen molar-refractivity contribution in [2.24, 2.45) is 0 Å². The third-order valence-corrected chi connectivity index (χ3v) is 3.93. The Bertz CT molecular complexity index is 758. The number of nitrogens with one attached hydrogen (secondary N) is 1. The fourth-order valence-electron chi connectivity index (χ4n) is 2.35. The summed E-state index contributed by atoms with van der Waals surface area (Å²) in [5.74, 6) is -0.942. The van der Waals surface area contributed by atoms with Gasteiger partial charge < -0.3 is 5.32 Å². The number of hydrogen-bond donors (Lipinski definition) is 1. The lowest BCUT2D eigenvalue weighted by Gasteiger charge is -2.17. The van der Waals surface area contributed by atoms with Crippen LogP contribution in [0.3, 0.4) is 0 Å². The third kappa shape index (κ3) is 2.74. The molecular formula is C16H11BrFNO2. The minimum atomic E-state index is -0.547. The van der Waals surface area contributed by atoms with Gasteiger partial charge in [0.25, 0.3) is 0 Å². The van der Waals surface area contributed by atoms with Gasteiger partial charge in [-0.25, -0.2) is 4.39 Å². The van der Waals surface area contributed by atoms with E-state index in [9.17, 15) is 14.0 Å². The smallest absolute Gasteiger partial charge is 0.224 e. The molecule has 0 aliphatic carbocycles. The number of aryl methyl sites for hydroxylation is 1. The largest absolute Gasteiger partial charge is 0.326 e. The van der Waals surface area contributed by atoms with E-state index in [-0.39, 0.29) is 17.3 Å². The minimum absolute atomic E-state index is 0.0281. The molecule has 3 rings (SSSR count). The van der Waals surface area contributed by atoms with Crippen LogP contribution in [0.25, 0.3) is 0 Å². The molecule has 1 aliphatic rings. The standard InChI is InChI=1S/C16H11BrFNO2/c17-11-3-4-13(18)12(8-11)16(21)10-1-5-14-9(7-10)2-6-15(20)19-14/h1,3-5,7-8H,2,6H2,(H,19,20). The summed E-state index contributed by atoms with van der Waals surface area (Å²) in [6, 6.07) is 9.30. The molecule has 1 heterocycles. The highest BCUT2D eigenvalue weighted by atomic mass is 79.9. The number of ketones is 1. The normalized spacial score (nSPS) is 13.5. The first-order valence-electron chi connectivity index (χ1n) is 6.47. The molecule has 5 heteroatoms. The van der Waals surface area contributed by atoms with Gasteiger partial charge in [-0.05, 0) is 48.4 Å². The highest BCUT2D eigenvalue weighted by molar-refractivity contribution is 9.10. The first-order valence-corrected chi connectivity index (χ1v) is 7.26. The number of rotatable bonds is 2. The maximum atomic E-state index is 13.8. The lowest BCUT2D eigenvalue weighted by atomic mass is 9.96. The zero-order valence-corrected chi connectivity index (χ0v) is 12.5. The van der Waals surface area contributed by atoms with Gasteiger partial charge in [0.2, 0.25) is 5.91 Å². The number of fused-ring (bicyclic) bond motifs is 1. The number of anilines is 1. The van der Waals surface area contributed by atoms with E-state index in [0.717, 1.165) is 11.3 Å². The summed E-state index contributed by atoms with van der Waals surface area (Å²) >= 11 is 3.24. The van der Waals surface area contributed by atoms with Crippen molar-refractivity contribution in [2.75, 3.05) is 5.32 Å². The Morgan fingerprint density at radius 2 is 1.95 bits per heavy atom. The number of carbonyl (C=O) groups is 2. The van der Waals surface area contributed by atoms with E-state index in [1.807, 2.05) is 0 Å². The second-order valence-corrected chi connectivity index (χ2v) is 5.79. The maximum absolute atomic E-state index is 13.8. The van der Waals surface area contributed by atoms with E-state index in [4.69, 9.17) is 0 Å². The van der Waals surface area contributed by atoms with Gasteiger partial charge in [0.05, 0.1) is 5.56 Å². The van der Waals surface area contributed by atoms with E-state index in [1.54, 1.807) is 24.3 Å². The molecule has 1 N–H and O–H groups in total. The Balaban J connectivity index is 1.99. The lowest BCUT2D eigenvalue weighted by Crippen LogP contribution is -2.19. The minimum Gasteiger partial charge on any atom is -0.326 e. The summed E-state index contributed by atoms with van der Waals surface area (Å²) in [6.07, 6.45) is 0.985. The van der Waals surface area contributed by atoms with Crippen molar-refractivity contribution in [3.8, 4) is 0 Å². The van der Waals surface area contributed by atoms with Gasteiger partial charge in [-0.3, -0.25) is 9.59 Å². The number of benzene rings is 2. The van der Waals surface area contributed by atoms with Gasteiger partial charge in [0.15, 0.2) is 5.78 Å². The van der Waals surface area contributed by atoms with Crippen LogP contribution in [0.2, 0.25) is 0 Å². The van der Waals surface area contributed by atoms with Crippen LogP contribution in [-0.4, -0.2) is 11.7 Å². The maximum Gasteiger partial charge on any atom is 0.224 e. The molecule has 21 heavy (non-hydrogen) atoms. The Labute approximate surface area is 129 Å². The predicted molar refractivity (Wildman–Crippen MR) is 80.9 cm³/mol. The Morgan fingerprint density at radius 3 is 2.76 bits per heavy atom. The Kier molecular flexibility index (Phi) is 3.59. The van der Waals surface area contributed by atoms with Crippen LogP contribution >= 0.6 is 15.9 Å². The predicted octanol–water partition coefficient (Wildman–Crippen LogP) is 3.70. The molecule has 0 aromatic heterocycles. The second kappa shape index (κ2) is 5.41. The summed E-state index contributed by atoms with van der Waals surface area (Å²) in [6.45, 7) is 0. The van der Waals surface area contributed by atoms with Crippen LogP contribution in [0, 0.1) is 5.82 Å². The monoisotopic (exact) mass is 347 g/mol. The molecule has 0 spiro atoms. The van der Waals surface area contributed by atoms with E-state index in [2.05, 4.69) is 21.2 Å². The zero-order valence-electron chi connectivity index (χ0n) is 11.0. The van der Waals surface area contributed by atoms with Crippen molar-refractivity contribution >= 4 is 33.3 Å². The fourth-order valence-corrected chi connectivity index (χ4v) is 2.71. The van der Waals surface area contributed by atoms with Gasteiger partial charge in [-0.15, -0.1) is 0 Å². The first kappa shape index (κ1) is 13.9. The van der Waals surface area contributed by atoms with Crippen molar-refractivity contribution in [1.82, 2.24) is 0 Å². The van der Waals surface area contributed by atoms with Crippen molar-refractivity contribution in [2.45, 2.75) is 12.8 Å². The zero-order chi connectivity index (χ0) is 15.0. The van der Waals surface area contributed by atoms with E-state index in [0.29, 0.717) is 22.9 Å². The van der Waals surface area contributed by atoms with Crippen LogP contribution in [0.15, 0.2) is 40.9 Å². The number of hydrogen-bond acceptors (Lipinski definition) is 2. The highest BCUT2D eigenvalue weighted by Gasteiger charge is 2.19. The number of amides is 1. The van der Waals surface area contributed by atoms with E-state index < -0.39 is 5.82 Å². The number of carbonyl (C=O) groups excluding carboxylic acids is 2. The van der Waals surface area contributed by atoms with Crippen LogP contribution < -0.4 is 5.32 Å². The van der Waals surface area contributed by atoms with Crippen LogP contribution in [0.1, 0.15) is 27.9 Å². The van der Waals surface area contributed by atoms with Crippen molar-refractivity contribution in [3.63, 3.8) is 0 Å². The summed E-state index contributed by atoms with van der Waals surface area (Å²) in [5, 5.41) is 2.75. The third-order valence-electron chi connectivity index (χ3n) is 3.44. The van der Waals surface area contributed by atoms with E-state index in [1.165, 1.54) is 12.1 Å².